The Labute approximate surface area is 126 Å². The van der Waals surface area contributed by atoms with Gasteiger partial charge in [-0.2, -0.15) is 0 Å². The number of para-hydroxylation sites is 1. The highest BCUT2D eigenvalue weighted by atomic mass is 15.2. The van der Waals surface area contributed by atoms with Gasteiger partial charge >= 0.3 is 0 Å². The summed E-state index contributed by atoms with van der Waals surface area (Å²) in [7, 11) is 0. The summed E-state index contributed by atoms with van der Waals surface area (Å²) < 4.78 is 2.27. The maximum atomic E-state index is 4.63. The molecule has 0 spiro atoms. The molecule has 0 amide bonds. The summed E-state index contributed by atoms with van der Waals surface area (Å²) in [6.45, 7) is 8.95. The van der Waals surface area contributed by atoms with Crippen molar-refractivity contribution >= 4 is 11.6 Å². The van der Waals surface area contributed by atoms with E-state index in [1.54, 1.807) is 0 Å². The van der Waals surface area contributed by atoms with E-state index in [4.69, 9.17) is 0 Å². The second kappa shape index (κ2) is 6.31. The van der Waals surface area contributed by atoms with Crippen LogP contribution < -0.4 is 5.32 Å². The van der Waals surface area contributed by atoms with E-state index in [1.807, 2.05) is 18.2 Å². The Bertz CT molecular complexity index is 576. The molecule has 1 fully saturated rings. The third kappa shape index (κ3) is 3.45. The number of nitrogens with one attached hydrogen (secondary N) is 1. The predicted molar refractivity (Wildman–Crippen MR) is 86.9 cm³/mol. The van der Waals surface area contributed by atoms with Crippen molar-refractivity contribution in [3.05, 3.63) is 42.2 Å². The first-order valence-electron chi connectivity index (χ1n) is 7.83. The first-order valence-corrected chi connectivity index (χ1v) is 7.83. The fraction of sp³-hybridized carbons (Fsp3) is 0.471. The van der Waals surface area contributed by atoms with Crippen molar-refractivity contribution in [3.63, 3.8) is 0 Å². The van der Waals surface area contributed by atoms with E-state index < -0.39 is 0 Å². The molecule has 1 aliphatic heterocycles. The monoisotopic (exact) mass is 284 g/mol. The third-order valence-electron chi connectivity index (χ3n) is 4.20. The van der Waals surface area contributed by atoms with E-state index in [0.29, 0.717) is 0 Å². The molecule has 1 unspecified atom stereocenters. The number of aryl methyl sites for hydroxylation is 1. The Kier molecular flexibility index (Phi) is 4.25. The summed E-state index contributed by atoms with van der Waals surface area (Å²) in [5.74, 6) is 1.68. The fourth-order valence-corrected chi connectivity index (χ4v) is 3.06. The predicted octanol–water partition coefficient (Wildman–Crippen LogP) is 3.28. The molecule has 4 heteroatoms. The maximum Gasteiger partial charge on any atom is 0.207 e. The fourth-order valence-electron chi connectivity index (χ4n) is 3.06. The number of rotatable bonds is 5. The number of aromatic nitrogens is 2. The lowest BCUT2D eigenvalue weighted by Gasteiger charge is -2.15. The minimum Gasteiger partial charge on any atom is -0.326 e. The molecule has 1 aromatic heterocycles. The first kappa shape index (κ1) is 14.1. The van der Waals surface area contributed by atoms with E-state index in [9.17, 15) is 0 Å². The lowest BCUT2D eigenvalue weighted by Crippen LogP contribution is -2.21. The molecule has 112 valence electrons. The molecule has 0 saturated carbocycles. The molecule has 4 nitrogen and oxygen atoms in total. The standard InChI is InChI=1S/C17H24N4/c1-3-20-10-9-15(12-20)13-21-11-14(2)18-17(21)19-16-7-5-4-6-8-16/h4-8,11,15H,3,9-10,12-13H2,1-2H3,(H,18,19). The van der Waals surface area contributed by atoms with E-state index in [1.165, 1.54) is 19.5 Å². The highest BCUT2D eigenvalue weighted by molar-refractivity contribution is 5.53. The molecule has 3 rings (SSSR count). The second-order valence-corrected chi connectivity index (χ2v) is 5.90. The maximum absolute atomic E-state index is 4.63. The minimum absolute atomic E-state index is 0.731. The number of likely N-dealkylation sites (tertiary alicyclic amines) is 1. The molecule has 1 N–H and O–H groups in total. The van der Waals surface area contributed by atoms with Gasteiger partial charge in [-0.25, -0.2) is 4.98 Å². The van der Waals surface area contributed by atoms with Crippen LogP contribution in [-0.4, -0.2) is 34.1 Å². The Morgan fingerprint density at radius 2 is 2.10 bits per heavy atom. The number of benzene rings is 1. The van der Waals surface area contributed by atoms with Gasteiger partial charge in [-0.1, -0.05) is 25.1 Å². The number of hydrogen-bond donors (Lipinski definition) is 1. The third-order valence-corrected chi connectivity index (χ3v) is 4.20. The number of hydrogen-bond acceptors (Lipinski definition) is 3. The van der Waals surface area contributed by atoms with Gasteiger partial charge in [0, 0.05) is 25.0 Å². The second-order valence-electron chi connectivity index (χ2n) is 5.90. The summed E-state index contributed by atoms with van der Waals surface area (Å²) in [5.41, 5.74) is 2.16. The largest absolute Gasteiger partial charge is 0.326 e. The summed E-state index contributed by atoms with van der Waals surface area (Å²) in [4.78, 5) is 7.15. The van der Waals surface area contributed by atoms with Crippen LogP contribution in [0.4, 0.5) is 11.6 Å². The molecule has 2 aromatic rings. The molecule has 21 heavy (non-hydrogen) atoms. The van der Waals surface area contributed by atoms with Gasteiger partial charge in [-0.15, -0.1) is 0 Å². The number of anilines is 2. The summed E-state index contributed by atoms with van der Waals surface area (Å²) in [6, 6.07) is 10.3. The van der Waals surface area contributed by atoms with E-state index in [-0.39, 0.29) is 0 Å². The molecular formula is C17H24N4. The van der Waals surface area contributed by atoms with E-state index in [0.717, 1.165) is 36.3 Å². The van der Waals surface area contributed by atoms with Crippen molar-refractivity contribution in [2.75, 3.05) is 25.0 Å². The molecule has 1 saturated heterocycles. The zero-order chi connectivity index (χ0) is 14.7. The number of imidazole rings is 1. The van der Waals surface area contributed by atoms with Gasteiger partial charge in [-0.05, 0) is 44.5 Å². The van der Waals surface area contributed by atoms with Crippen molar-refractivity contribution in [2.24, 2.45) is 5.92 Å². The lowest BCUT2D eigenvalue weighted by molar-refractivity contribution is 0.333. The summed E-state index contributed by atoms with van der Waals surface area (Å²) in [6.07, 6.45) is 3.44. The molecule has 0 aliphatic carbocycles. The highest BCUT2D eigenvalue weighted by Crippen LogP contribution is 2.22. The molecule has 2 heterocycles. The van der Waals surface area contributed by atoms with Crippen LogP contribution in [-0.2, 0) is 6.54 Å². The number of nitrogens with zero attached hydrogens (tertiary/aromatic N) is 3. The van der Waals surface area contributed by atoms with Gasteiger partial charge in [0.1, 0.15) is 0 Å². The van der Waals surface area contributed by atoms with Crippen molar-refractivity contribution in [3.8, 4) is 0 Å². The minimum atomic E-state index is 0.731. The molecular weight excluding hydrogens is 260 g/mol. The lowest BCUT2D eigenvalue weighted by atomic mass is 10.1. The smallest absolute Gasteiger partial charge is 0.207 e. The Morgan fingerprint density at radius 3 is 2.81 bits per heavy atom. The summed E-state index contributed by atoms with van der Waals surface area (Å²) in [5, 5.41) is 3.43. The van der Waals surface area contributed by atoms with Crippen molar-refractivity contribution < 1.29 is 0 Å². The SMILES string of the molecule is CCN1CCC(Cn2cc(C)nc2Nc2ccccc2)C1. The van der Waals surface area contributed by atoms with E-state index in [2.05, 4.69) is 51.9 Å². The van der Waals surface area contributed by atoms with Gasteiger partial charge in [0.2, 0.25) is 5.95 Å². The Morgan fingerprint density at radius 1 is 1.29 bits per heavy atom. The van der Waals surface area contributed by atoms with Crippen LogP contribution in [0.15, 0.2) is 36.5 Å². The van der Waals surface area contributed by atoms with Gasteiger partial charge in [0.05, 0.1) is 5.69 Å². The Hall–Kier alpha value is -1.81. The van der Waals surface area contributed by atoms with Crippen LogP contribution in [0.1, 0.15) is 19.0 Å². The van der Waals surface area contributed by atoms with Crippen LogP contribution >= 0.6 is 0 Å². The van der Waals surface area contributed by atoms with Gasteiger partial charge in [0.15, 0.2) is 0 Å². The van der Waals surface area contributed by atoms with Crippen LogP contribution in [0, 0.1) is 12.8 Å². The van der Waals surface area contributed by atoms with Crippen molar-refractivity contribution in [2.45, 2.75) is 26.8 Å². The van der Waals surface area contributed by atoms with Gasteiger partial charge in [-0.3, -0.25) is 0 Å². The van der Waals surface area contributed by atoms with Gasteiger partial charge in [0.25, 0.3) is 0 Å². The molecule has 1 aromatic carbocycles. The Balaban J connectivity index is 1.71. The zero-order valence-electron chi connectivity index (χ0n) is 12.9. The van der Waals surface area contributed by atoms with Gasteiger partial charge < -0.3 is 14.8 Å². The van der Waals surface area contributed by atoms with Crippen LogP contribution in [0.5, 0.6) is 0 Å². The average Bonchev–Trinajstić information content (AvgIpc) is 3.07. The molecule has 1 atom stereocenters. The molecule has 0 bridgehead atoms. The quantitative estimate of drug-likeness (QED) is 0.914. The normalized spacial score (nSPS) is 19.0. The van der Waals surface area contributed by atoms with E-state index >= 15 is 0 Å². The first-order chi connectivity index (χ1) is 10.2. The van der Waals surface area contributed by atoms with Crippen LogP contribution in [0.3, 0.4) is 0 Å². The van der Waals surface area contributed by atoms with Crippen molar-refractivity contribution in [1.82, 2.24) is 14.5 Å². The summed E-state index contributed by atoms with van der Waals surface area (Å²) >= 11 is 0. The van der Waals surface area contributed by atoms with Crippen molar-refractivity contribution in [1.29, 1.82) is 0 Å². The van der Waals surface area contributed by atoms with Crippen LogP contribution in [0.25, 0.3) is 0 Å². The average molecular weight is 284 g/mol. The topological polar surface area (TPSA) is 33.1 Å². The molecule has 0 radical (unpaired) electrons. The highest BCUT2D eigenvalue weighted by Gasteiger charge is 2.22. The zero-order valence-corrected chi connectivity index (χ0v) is 12.9. The van der Waals surface area contributed by atoms with Crippen LogP contribution in [0.2, 0.25) is 0 Å². The molecule has 1 aliphatic rings.